The van der Waals surface area contributed by atoms with Gasteiger partial charge in [-0.2, -0.15) is 0 Å². The summed E-state index contributed by atoms with van der Waals surface area (Å²) in [5, 5.41) is 12.2. The second kappa shape index (κ2) is 5.63. The van der Waals surface area contributed by atoms with E-state index < -0.39 is 0 Å². The van der Waals surface area contributed by atoms with Gasteiger partial charge in [0.25, 0.3) is 5.91 Å². The maximum Gasteiger partial charge on any atom is 0.253 e. The third-order valence-corrected chi connectivity index (χ3v) is 2.94. The Balaban J connectivity index is 2.03. The summed E-state index contributed by atoms with van der Waals surface area (Å²) in [6.45, 7) is 0.361. The molecule has 4 N–H and O–H groups in total. The van der Waals surface area contributed by atoms with Gasteiger partial charge >= 0.3 is 0 Å². The molecule has 1 amide bonds. The summed E-state index contributed by atoms with van der Waals surface area (Å²) in [4.78, 5) is 11.9. The summed E-state index contributed by atoms with van der Waals surface area (Å²) in [6.07, 6.45) is 0. The summed E-state index contributed by atoms with van der Waals surface area (Å²) in [6, 6.07) is 11.4. The maximum atomic E-state index is 11.9. The minimum atomic E-state index is -0.266. The van der Waals surface area contributed by atoms with Crippen molar-refractivity contribution in [3.63, 3.8) is 0 Å². The van der Waals surface area contributed by atoms with Crippen LogP contribution in [-0.2, 0) is 6.54 Å². The van der Waals surface area contributed by atoms with Crippen molar-refractivity contribution in [2.24, 2.45) is 0 Å². The van der Waals surface area contributed by atoms with Crippen LogP contribution in [0.5, 0.6) is 5.75 Å². The molecule has 0 radical (unpaired) electrons. The van der Waals surface area contributed by atoms with E-state index in [-0.39, 0.29) is 11.7 Å². The van der Waals surface area contributed by atoms with Crippen molar-refractivity contribution in [3.05, 3.63) is 58.6 Å². The van der Waals surface area contributed by atoms with Gasteiger partial charge in [0.2, 0.25) is 0 Å². The average molecular weight is 277 g/mol. The third kappa shape index (κ3) is 3.39. The van der Waals surface area contributed by atoms with Crippen LogP contribution in [0.3, 0.4) is 0 Å². The number of nitrogen functional groups attached to an aromatic ring is 1. The highest BCUT2D eigenvalue weighted by Crippen LogP contribution is 2.19. The number of anilines is 1. The van der Waals surface area contributed by atoms with Gasteiger partial charge in [-0.15, -0.1) is 0 Å². The monoisotopic (exact) mass is 276 g/mol. The summed E-state index contributed by atoms with van der Waals surface area (Å²) in [5.74, 6) is -0.0743. The van der Waals surface area contributed by atoms with Crippen molar-refractivity contribution >= 4 is 23.2 Å². The predicted molar refractivity (Wildman–Crippen MR) is 75.1 cm³/mol. The molecule has 2 rings (SSSR count). The van der Waals surface area contributed by atoms with Crippen LogP contribution in [0, 0.1) is 0 Å². The van der Waals surface area contributed by atoms with Crippen LogP contribution in [0.15, 0.2) is 42.5 Å². The fourth-order valence-electron chi connectivity index (χ4n) is 1.61. The number of hydrogen-bond donors (Lipinski definition) is 3. The van der Waals surface area contributed by atoms with Gasteiger partial charge < -0.3 is 16.2 Å². The normalized spacial score (nSPS) is 10.2. The van der Waals surface area contributed by atoms with E-state index in [4.69, 9.17) is 22.4 Å². The van der Waals surface area contributed by atoms with Crippen molar-refractivity contribution < 1.29 is 9.90 Å². The second-order valence-corrected chi connectivity index (χ2v) is 4.50. The van der Waals surface area contributed by atoms with E-state index in [0.717, 1.165) is 5.56 Å². The maximum absolute atomic E-state index is 11.9. The van der Waals surface area contributed by atoms with Crippen LogP contribution in [-0.4, -0.2) is 11.0 Å². The zero-order chi connectivity index (χ0) is 13.8. The Morgan fingerprint density at radius 1 is 1.21 bits per heavy atom. The number of hydrogen-bond acceptors (Lipinski definition) is 3. The first kappa shape index (κ1) is 13.2. The van der Waals surface area contributed by atoms with Crippen molar-refractivity contribution in [2.75, 3.05) is 5.73 Å². The van der Waals surface area contributed by atoms with Gasteiger partial charge in [-0.05, 0) is 35.9 Å². The quantitative estimate of drug-likeness (QED) is 0.754. The second-order valence-electron chi connectivity index (χ2n) is 4.09. The Hall–Kier alpha value is -2.20. The number of carbonyl (C=O) groups is 1. The number of phenolic OH excluding ortho intramolecular Hbond substituents is 1. The van der Waals surface area contributed by atoms with E-state index in [1.807, 2.05) is 0 Å². The summed E-state index contributed by atoms with van der Waals surface area (Å²) in [7, 11) is 0. The number of rotatable bonds is 3. The Bertz CT molecular complexity index is 597. The zero-order valence-electron chi connectivity index (χ0n) is 10.1. The highest BCUT2D eigenvalue weighted by atomic mass is 35.5. The number of carbonyl (C=O) groups excluding carboxylic acids is 1. The Morgan fingerprint density at radius 3 is 2.53 bits per heavy atom. The smallest absolute Gasteiger partial charge is 0.253 e. The molecule has 2 aromatic rings. The molecule has 19 heavy (non-hydrogen) atoms. The van der Waals surface area contributed by atoms with Crippen molar-refractivity contribution in [3.8, 4) is 5.75 Å². The summed E-state index contributed by atoms with van der Waals surface area (Å²) in [5.41, 5.74) is 7.35. The van der Waals surface area contributed by atoms with Gasteiger partial charge in [0, 0.05) is 12.2 Å². The number of amides is 1. The molecule has 0 aliphatic heterocycles. The molecule has 0 spiro atoms. The number of nitrogens with one attached hydrogen (secondary N) is 1. The first-order valence-electron chi connectivity index (χ1n) is 5.67. The molecule has 0 aromatic heterocycles. The Kier molecular flexibility index (Phi) is 3.92. The molecular formula is C14H13ClN2O2. The molecule has 4 nitrogen and oxygen atoms in total. The van der Waals surface area contributed by atoms with E-state index in [0.29, 0.717) is 22.8 Å². The molecule has 98 valence electrons. The molecule has 2 aromatic carbocycles. The topological polar surface area (TPSA) is 75.4 Å². The molecule has 0 bridgehead atoms. The van der Waals surface area contributed by atoms with Gasteiger partial charge in [0.15, 0.2) is 0 Å². The van der Waals surface area contributed by atoms with Gasteiger partial charge in [-0.25, -0.2) is 0 Å². The summed E-state index contributed by atoms with van der Waals surface area (Å²) < 4.78 is 0. The first-order chi connectivity index (χ1) is 9.06. The third-order valence-electron chi connectivity index (χ3n) is 2.63. The average Bonchev–Trinajstić information content (AvgIpc) is 2.37. The fraction of sp³-hybridized carbons (Fsp3) is 0.0714. The molecule has 0 aliphatic rings. The lowest BCUT2D eigenvalue weighted by molar-refractivity contribution is 0.0951. The highest BCUT2D eigenvalue weighted by molar-refractivity contribution is 6.34. The van der Waals surface area contributed by atoms with Crippen molar-refractivity contribution in [1.82, 2.24) is 5.32 Å². The van der Waals surface area contributed by atoms with Crippen LogP contribution in [0.2, 0.25) is 5.02 Å². The van der Waals surface area contributed by atoms with E-state index in [2.05, 4.69) is 5.32 Å². The predicted octanol–water partition coefficient (Wildman–Crippen LogP) is 2.56. The largest absolute Gasteiger partial charge is 0.508 e. The van der Waals surface area contributed by atoms with Crippen molar-refractivity contribution in [2.45, 2.75) is 6.54 Å². The SMILES string of the molecule is Nc1ccc(C(=O)NCc2ccc(O)cc2)c(Cl)c1. The van der Waals surface area contributed by atoms with E-state index in [9.17, 15) is 4.79 Å². The fourth-order valence-corrected chi connectivity index (χ4v) is 1.88. The number of phenols is 1. The van der Waals surface area contributed by atoms with Crippen LogP contribution >= 0.6 is 11.6 Å². The van der Waals surface area contributed by atoms with Gasteiger partial charge in [0.1, 0.15) is 5.75 Å². The molecule has 0 fully saturated rings. The molecule has 0 aliphatic carbocycles. The van der Waals surface area contributed by atoms with E-state index in [1.165, 1.54) is 6.07 Å². The zero-order valence-corrected chi connectivity index (χ0v) is 10.8. The van der Waals surface area contributed by atoms with Gasteiger partial charge in [0.05, 0.1) is 10.6 Å². The molecule has 0 atom stereocenters. The number of benzene rings is 2. The van der Waals surface area contributed by atoms with Crippen LogP contribution in [0.1, 0.15) is 15.9 Å². The van der Waals surface area contributed by atoms with E-state index in [1.54, 1.807) is 36.4 Å². The molecule has 0 heterocycles. The number of nitrogens with two attached hydrogens (primary N) is 1. The Labute approximate surface area is 115 Å². The van der Waals surface area contributed by atoms with Crippen molar-refractivity contribution in [1.29, 1.82) is 0 Å². The first-order valence-corrected chi connectivity index (χ1v) is 6.05. The van der Waals surface area contributed by atoms with Crippen LogP contribution in [0.25, 0.3) is 0 Å². The molecule has 0 unspecified atom stereocenters. The van der Waals surface area contributed by atoms with E-state index >= 15 is 0 Å². The van der Waals surface area contributed by atoms with Gasteiger partial charge in [-0.1, -0.05) is 23.7 Å². The van der Waals surface area contributed by atoms with Gasteiger partial charge in [-0.3, -0.25) is 4.79 Å². The van der Waals surface area contributed by atoms with Crippen LogP contribution in [0.4, 0.5) is 5.69 Å². The minimum Gasteiger partial charge on any atom is -0.508 e. The van der Waals surface area contributed by atoms with Crippen LogP contribution < -0.4 is 11.1 Å². The number of halogens is 1. The summed E-state index contributed by atoms with van der Waals surface area (Å²) >= 11 is 5.95. The Morgan fingerprint density at radius 2 is 1.89 bits per heavy atom. The lowest BCUT2D eigenvalue weighted by atomic mass is 10.1. The number of aromatic hydroxyl groups is 1. The lowest BCUT2D eigenvalue weighted by Gasteiger charge is -2.07. The molecular weight excluding hydrogens is 264 g/mol. The highest BCUT2D eigenvalue weighted by Gasteiger charge is 2.09. The standard InChI is InChI=1S/C14H13ClN2O2/c15-13-7-10(16)3-6-12(13)14(19)17-8-9-1-4-11(18)5-2-9/h1-7,18H,8,16H2,(H,17,19). The molecule has 5 heteroatoms. The molecule has 0 saturated heterocycles. The molecule has 0 saturated carbocycles. The lowest BCUT2D eigenvalue weighted by Crippen LogP contribution is -2.23. The minimum absolute atomic E-state index is 0.191.